The van der Waals surface area contributed by atoms with Crippen LogP contribution in [-0.2, 0) is 32.2 Å². The average molecular weight is 558 g/mol. The molecule has 0 aromatic carbocycles. The zero-order valence-electron chi connectivity index (χ0n) is 19.2. The van der Waals surface area contributed by atoms with Gasteiger partial charge in [-0.3, -0.25) is 9.88 Å². The molecule has 0 saturated carbocycles. The second-order valence-electron chi connectivity index (χ2n) is 8.28. The Labute approximate surface area is 211 Å². The fourth-order valence-electron chi connectivity index (χ4n) is 3.75. The zero-order chi connectivity index (χ0) is 27.7. The summed E-state index contributed by atoms with van der Waals surface area (Å²) in [4.78, 5) is 25.9. The van der Waals surface area contributed by atoms with E-state index in [1.165, 1.54) is 4.88 Å². The van der Waals surface area contributed by atoms with Crippen LogP contribution in [-0.4, -0.2) is 77.3 Å². The van der Waals surface area contributed by atoms with Gasteiger partial charge in [0, 0.05) is 48.2 Å². The maximum atomic E-state index is 10.6. The van der Waals surface area contributed by atoms with Crippen LogP contribution in [0.25, 0.3) is 0 Å². The molecular formula is C22H24F6N2O6S. The van der Waals surface area contributed by atoms with Crippen molar-refractivity contribution in [2.75, 3.05) is 32.9 Å². The molecule has 15 heteroatoms. The van der Waals surface area contributed by atoms with Crippen LogP contribution >= 0.6 is 11.3 Å². The lowest BCUT2D eigenvalue weighted by Crippen LogP contribution is -2.35. The van der Waals surface area contributed by atoms with Crippen LogP contribution < -0.4 is 0 Å². The second-order valence-corrected chi connectivity index (χ2v) is 9.32. The summed E-state index contributed by atoms with van der Waals surface area (Å²) in [6.45, 7) is 6.35. The number of hydrogen-bond acceptors (Lipinski definition) is 7. The molecule has 0 bridgehead atoms. The number of hydrogen-bond donors (Lipinski definition) is 2. The number of nitrogens with zero attached hydrogens (tertiary/aromatic N) is 2. The monoisotopic (exact) mass is 558 g/mol. The smallest absolute Gasteiger partial charge is 0.475 e. The van der Waals surface area contributed by atoms with Gasteiger partial charge in [-0.1, -0.05) is 12.1 Å². The van der Waals surface area contributed by atoms with Crippen molar-refractivity contribution >= 4 is 23.3 Å². The zero-order valence-corrected chi connectivity index (χ0v) is 20.0. The summed E-state index contributed by atoms with van der Waals surface area (Å²) in [5.41, 5.74) is 1.30. The number of thiophene rings is 1. The Morgan fingerprint density at radius 2 is 1.78 bits per heavy atom. The molecule has 2 aliphatic rings. The van der Waals surface area contributed by atoms with Crippen molar-refractivity contribution in [1.82, 2.24) is 9.88 Å². The highest BCUT2D eigenvalue weighted by molar-refractivity contribution is 7.09. The SMILES string of the molecule is O=C(O)C(F)(F)F.O=C(O)C(F)(F)F.c1cncc(COC[C@]23COC[C@H]2CN(Cc2cccs2)C3)c1. The second kappa shape index (κ2) is 13.2. The van der Waals surface area contributed by atoms with E-state index in [0.717, 1.165) is 45.0 Å². The van der Waals surface area contributed by atoms with Crippen LogP contribution in [0.2, 0.25) is 0 Å². The van der Waals surface area contributed by atoms with Crippen molar-refractivity contribution < 1.29 is 55.6 Å². The minimum Gasteiger partial charge on any atom is -0.475 e. The van der Waals surface area contributed by atoms with Gasteiger partial charge in [-0.15, -0.1) is 11.3 Å². The molecule has 0 unspecified atom stereocenters. The van der Waals surface area contributed by atoms with E-state index in [9.17, 15) is 26.3 Å². The highest BCUT2D eigenvalue weighted by Crippen LogP contribution is 2.42. The first kappa shape index (κ1) is 30.5. The Bertz CT molecular complexity index is 966. The molecule has 2 N–H and O–H groups in total. The fourth-order valence-corrected chi connectivity index (χ4v) is 4.49. The largest absolute Gasteiger partial charge is 0.490 e. The Kier molecular flexibility index (Phi) is 10.8. The first-order chi connectivity index (χ1) is 17.2. The van der Waals surface area contributed by atoms with Crippen LogP contribution in [0.3, 0.4) is 0 Å². The minimum atomic E-state index is -5.08. The Morgan fingerprint density at radius 3 is 2.30 bits per heavy atom. The number of alkyl halides is 6. The van der Waals surface area contributed by atoms with E-state index in [0.29, 0.717) is 12.5 Å². The van der Waals surface area contributed by atoms with Crippen molar-refractivity contribution in [3.05, 3.63) is 52.5 Å². The normalized spacial score (nSPS) is 21.3. The van der Waals surface area contributed by atoms with E-state index >= 15 is 0 Å². The van der Waals surface area contributed by atoms with Gasteiger partial charge < -0.3 is 19.7 Å². The van der Waals surface area contributed by atoms with Gasteiger partial charge in [0.05, 0.1) is 26.4 Å². The van der Waals surface area contributed by atoms with Gasteiger partial charge in [0.1, 0.15) is 0 Å². The predicted octanol–water partition coefficient (Wildman–Crippen LogP) is 4.07. The van der Waals surface area contributed by atoms with Crippen molar-refractivity contribution in [1.29, 1.82) is 0 Å². The van der Waals surface area contributed by atoms with Crippen molar-refractivity contribution in [3.63, 3.8) is 0 Å². The number of carboxylic acids is 2. The number of ether oxygens (including phenoxy) is 2. The third kappa shape index (κ3) is 9.91. The number of aliphatic carboxylic acids is 2. The molecular weight excluding hydrogens is 534 g/mol. The molecule has 4 rings (SSSR count). The molecule has 0 radical (unpaired) electrons. The number of carboxylic acid groups (broad SMARTS) is 2. The number of pyridine rings is 1. The number of likely N-dealkylation sites (tertiary alicyclic amines) is 1. The lowest BCUT2D eigenvalue weighted by atomic mass is 9.82. The molecule has 0 aliphatic carbocycles. The average Bonchev–Trinajstić information content (AvgIpc) is 3.51. The first-order valence-electron chi connectivity index (χ1n) is 10.6. The van der Waals surface area contributed by atoms with Gasteiger partial charge >= 0.3 is 24.3 Å². The molecule has 4 heterocycles. The van der Waals surface area contributed by atoms with E-state index in [2.05, 4.69) is 33.5 Å². The molecule has 8 nitrogen and oxygen atoms in total. The van der Waals surface area contributed by atoms with E-state index in [1.807, 2.05) is 23.6 Å². The van der Waals surface area contributed by atoms with Crippen molar-refractivity contribution in [3.8, 4) is 0 Å². The van der Waals surface area contributed by atoms with Gasteiger partial charge in [0.2, 0.25) is 0 Å². The standard InChI is InChI=1S/C18H22N2O2S.2C2HF3O2/c1-3-15(7-19-5-1)10-21-13-18-12-20(8-16(18)11-22-14-18)9-17-4-2-6-23-17;2*3-2(4,5)1(6)7/h1-7,16H,8-14H2;2*(H,6,7)/t16-,18-;;/m1../s1. The van der Waals surface area contributed by atoms with Gasteiger partial charge in [0.15, 0.2) is 0 Å². The minimum absolute atomic E-state index is 0.166. The van der Waals surface area contributed by atoms with Gasteiger partial charge in [0.25, 0.3) is 0 Å². The summed E-state index contributed by atoms with van der Waals surface area (Å²) in [6.07, 6.45) is -6.50. The maximum absolute atomic E-state index is 10.6. The third-order valence-electron chi connectivity index (χ3n) is 5.42. The van der Waals surface area contributed by atoms with Gasteiger partial charge in [-0.2, -0.15) is 26.3 Å². The van der Waals surface area contributed by atoms with Crippen molar-refractivity contribution in [2.45, 2.75) is 25.5 Å². The highest BCUT2D eigenvalue weighted by atomic mass is 32.1. The van der Waals surface area contributed by atoms with E-state index < -0.39 is 24.3 Å². The summed E-state index contributed by atoms with van der Waals surface area (Å²) in [5, 5.41) is 16.4. The number of rotatable bonds is 6. The number of halogens is 6. The lowest BCUT2D eigenvalue weighted by molar-refractivity contribution is -0.193. The molecule has 2 fully saturated rings. The molecule has 0 spiro atoms. The maximum Gasteiger partial charge on any atom is 0.490 e. The molecule has 37 heavy (non-hydrogen) atoms. The van der Waals surface area contributed by atoms with Gasteiger partial charge in [-0.25, -0.2) is 9.59 Å². The molecule has 206 valence electrons. The van der Waals surface area contributed by atoms with Crippen LogP contribution in [0.4, 0.5) is 26.3 Å². The molecule has 2 saturated heterocycles. The summed E-state index contributed by atoms with van der Waals surface area (Å²) in [6, 6.07) is 8.37. The van der Waals surface area contributed by atoms with E-state index in [4.69, 9.17) is 29.3 Å². The van der Waals surface area contributed by atoms with Gasteiger partial charge in [-0.05, 0) is 23.1 Å². The number of aromatic nitrogens is 1. The Balaban J connectivity index is 0.000000286. The van der Waals surface area contributed by atoms with Crippen molar-refractivity contribution in [2.24, 2.45) is 11.3 Å². The van der Waals surface area contributed by atoms with Crippen LogP contribution in [0.1, 0.15) is 10.4 Å². The predicted molar refractivity (Wildman–Crippen MR) is 118 cm³/mol. The molecule has 0 amide bonds. The van der Waals surface area contributed by atoms with E-state index in [-0.39, 0.29) is 5.41 Å². The Morgan fingerprint density at radius 1 is 1.14 bits per heavy atom. The number of carbonyl (C=O) groups is 2. The molecule has 2 aromatic heterocycles. The van der Waals surface area contributed by atoms with Crippen LogP contribution in [0.5, 0.6) is 0 Å². The summed E-state index contributed by atoms with van der Waals surface area (Å²) < 4.78 is 75.3. The summed E-state index contributed by atoms with van der Waals surface area (Å²) in [7, 11) is 0. The third-order valence-corrected chi connectivity index (χ3v) is 6.28. The van der Waals surface area contributed by atoms with Crippen LogP contribution in [0, 0.1) is 11.3 Å². The first-order valence-corrected chi connectivity index (χ1v) is 11.5. The lowest BCUT2D eigenvalue weighted by Gasteiger charge is -2.27. The topological polar surface area (TPSA) is 109 Å². The molecule has 2 aliphatic heterocycles. The quantitative estimate of drug-likeness (QED) is 0.511. The van der Waals surface area contributed by atoms with E-state index in [1.54, 1.807) is 6.20 Å². The molecule has 2 aromatic rings. The number of fused-ring (bicyclic) bond motifs is 1. The summed E-state index contributed by atoms with van der Waals surface area (Å²) in [5.74, 6) is -4.92. The highest BCUT2D eigenvalue weighted by Gasteiger charge is 2.50. The Hall–Kier alpha value is -2.75. The fraction of sp³-hybridized carbons (Fsp3) is 0.500. The van der Waals surface area contributed by atoms with Crippen LogP contribution in [0.15, 0.2) is 42.0 Å². The summed E-state index contributed by atoms with van der Waals surface area (Å²) >= 11 is 1.84. The molecule has 2 atom stereocenters.